The lowest BCUT2D eigenvalue weighted by Gasteiger charge is -2.12. The number of amides is 2. The van der Waals surface area contributed by atoms with Gasteiger partial charge in [0.1, 0.15) is 5.75 Å². The second-order valence-electron chi connectivity index (χ2n) is 4.89. The molecule has 1 aromatic rings. The number of likely N-dealkylation sites (N-methyl/N-ethyl adjacent to an activating group) is 1. The van der Waals surface area contributed by atoms with Crippen molar-refractivity contribution >= 4 is 17.8 Å². The number of esters is 1. The predicted molar refractivity (Wildman–Crippen MR) is 79.8 cm³/mol. The monoisotopic (exact) mass is 319 g/mol. The van der Waals surface area contributed by atoms with Crippen LogP contribution in [0, 0.1) is 0 Å². The molecule has 0 aromatic heterocycles. The minimum atomic E-state index is -1.08. The molecule has 1 aliphatic rings. The fraction of sp³-hybridized carbons (Fsp3) is 0.312. The zero-order valence-electron chi connectivity index (χ0n) is 13.0. The van der Waals surface area contributed by atoms with Crippen molar-refractivity contribution in [3.63, 3.8) is 0 Å². The quantitative estimate of drug-likeness (QED) is 0.387. The number of carbonyl (C=O) groups is 3. The van der Waals surface area contributed by atoms with Gasteiger partial charge in [0, 0.05) is 7.05 Å². The van der Waals surface area contributed by atoms with Crippen LogP contribution in [0.3, 0.4) is 0 Å². The Bertz CT molecular complexity index is 694. The van der Waals surface area contributed by atoms with Gasteiger partial charge >= 0.3 is 5.97 Å². The Hall–Kier alpha value is -2.83. The molecule has 1 heterocycles. The van der Waals surface area contributed by atoms with Crippen molar-refractivity contribution < 1.29 is 29.0 Å². The van der Waals surface area contributed by atoms with Gasteiger partial charge in [0.25, 0.3) is 5.91 Å². The van der Waals surface area contributed by atoms with Gasteiger partial charge in [-0.05, 0) is 24.6 Å². The SMILES string of the molecule is CCOC(=O)/C(O)=C1\C(=O)N(C)C(=O)[C@@H]1c1cccc(OC)c1. The Morgan fingerprint density at radius 1 is 1.35 bits per heavy atom. The van der Waals surface area contributed by atoms with E-state index in [0.717, 1.165) is 4.90 Å². The first-order chi connectivity index (χ1) is 10.9. The molecule has 122 valence electrons. The second kappa shape index (κ2) is 6.51. The van der Waals surface area contributed by atoms with E-state index in [1.165, 1.54) is 14.2 Å². The van der Waals surface area contributed by atoms with E-state index in [-0.39, 0.29) is 12.2 Å². The summed E-state index contributed by atoms with van der Waals surface area (Å²) in [7, 11) is 2.77. The molecule has 0 bridgehead atoms. The fourth-order valence-electron chi connectivity index (χ4n) is 2.40. The highest BCUT2D eigenvalue weighted by Crippen LogP contribution is 2.36. The highest BCUT2D eigenvalue weighted by atomic mass is 16.5. The van der Waals surface area contributed by atoms with E-state index in [1.807, 2.05) is 0 Å². The molecule has 7 heteroatoms. The van der Waals surface area contributed by atoms with Crippen LogP contribution in [0.25, 0.3) is 0 Å². The summed E-state index contributed by atoms with van der Waals surface area (Å²) in [6, 6.07) is 6.54. The Kier molecular flexibility index (Phi) is 4.68. The highest BCUT2D eigenvalue weighted by Gasteiger charge is 2.45. The molecule has 1 N–H and O–H groups in total. The standard InChI is InChI=1S/C16H17NO6/c1-4-23-16(21)13(18)12-11(14(19)17(2)15(12)20)9-6-5-7-10(8-9)22-3/h5-8,11,18H,4H2,1-3H3/b13-12+/t11-/m1/s1. The smallest absolute Gasteiger partial charge is 0.373 e. The number of likely N-dealkylation sites (tertiary alicyclic amines) is 1. The van der Waals surface area contributed by atoms with Crippen LogP contribution in [-0.2, 0) is 19.1 Å². The highest BCUT2D eigenvalue weighted by molar-refractivity contribution is 6.19. The molecule has 1 saturated heterocycles. The zero-order valence-corrected chi connectivity index (χ0v) is 13.0. The van der Waals surface area contributed by atoms with E-state index < -0.39 is 29.5 Å². The minimum Gasteiger partial charge on any atom is -0.501 e. The van der Waals surface area contributed by atoms with E-state index in [4.69, 9.17) is 9.47 Å². The molecule has 1 aromatic carbocycles. The van der Waals surface area contributed by atoms with E-state index in [0.29, 0.717) is 11.3 Å². The first-order valence-electron chi connectivity index (χ1n) is 6.98. The number of benzene rings is 1. The van der Waals surface area contributed by atoms with Crippen LogP contribution in [-0.4, -0.2) is 48.6 Å². The number of imide groups is 1. The van der Waals surface area contributed by atoms with Crippen molar-refractivity contribution in [3.8, 4) is 5.75 Å². The number of hydrogen-bond acceptors (Lipinski definition) is 6. The maximum absolute atomic E-state index is 12.4. The summed E-state index contributed by atoms with van der Waals surface area (Å²) in [4.78, 5) is 37.3. The maximum atomic E-state index is 12.4. The van der Waals surface area contributed by atoms with Gasteiger partial charge in [0.2, 0.25) is 11.7 Å². The normalized spacial score (nSPS) is 19.8. The zero-order chi connectivity index (χ0) is 17.1. The number of rotatable bonds is 4. The molecule has 0 aliphatic carbocycles. The summed E-state index contributed by atoms with van der Waals surface area (Å²) in [5, 5.41) is 10.1. The van der Waals surface area contributed by atoms with Gasteiger partial charge in [0.05, 0.1) is 25.2 Å². The van der Waals surface area contributed by atoms with Crippen LogP contribution in [0.1, 0.15) is 18.4 Å². The Balaban J connectivity index is 2.57. The number of methoxy groups -OCH3 is 1. The summed E-state index contributed by atoms with van der Waals surface area (Å²) in [6.45, 7) is 1.61. The summed E-state index contributed by atoms with van der Waals surface area (Å²) in [5.41, 5.74) is 0.155. The molecule has 1 fully saturated rings. The molecule has 1 atom stereocenters. The fourth-order valence-corrected chi connectivity index (χ4v) is 2.40. The van der Waals surface area contributed by atoms with E-state index >= 15 is 0 Å². The van der Waals surface area contributed by atoms with Gasteiger partial charge in [-0.1, -0.05) is 12.1 Å². The van der Waals surface area contributed by atoms with E-state index in [1.54, 1.807) is 31.2 Å². The Morgan fingerprint density at radius 3 is 2.65 bits per heavy atom. The van der Waals surface area contributed by atoms with Crippen LogP contribution >= 0.6 is 0 Å². The number of ether oxygens (including phenoxy) is 2. The molecule has 0 unspecified atom stereocenters. The molecule has 1 aliphatic heterocycles. The van der Waals surface area contributed by atoms with Gasteiger partial charge < -0.3 is 14.6 Å². The lowest BCUT2D eigenvalue weighted by atomic mass is 9.92. The molecule has 0 saturated carbocycles. The van der Waals surface area contributed by atoms with E-state index in [9.17, 15) is 19.5 Å². The Labute approximate surface area is 133 Å². The average molecular weight is 319 g/mol. The van der Waals surface area contributed by atoms with Crippen molar-refractivity contribution in [2.45, 2.75) is 12.8 Å². The molecular weight excluding hydrogens is 302 g/mol. The third-order valence-corrected chi connectivity index (χ3v) is 3.55. The first-order valence-corrected chi connectivity index (χ1v) is 6.98. The lowest BCUT2D eigenvalue weighted by Crippen LogP contribution is -2.25. The molecule has 0 spiro atoms. The summed E-state index contributed by atoms with van der Waals surface area (Å²) >= 11 is 0. The summed E-state index contributed by atoms with van der Waals surface area (Å²) in [6.07, 6.45) is 0. The average Bonchev–Trinajstić information content (AvgIpc) is 2.78. The number of carbonyl (C=O) groups excluding carboxylic acids is 3. The Morgan fingerprint density at radius 2 is 2.04 bits per heavy atom. The molecule has 2 rings (SSSR count). The van der Waals surface area contributed by atoms with Gasteiger partial charge in [-0.2, -0.15) is 0 Å². The largest absolute Gasteiger partial charge is 0.501 e. The van der Waals surface area contributed by atoms with Crippen LogP contribution in [0.2, 0.25) is 0 Å². The molecule has 7 nitrogen and oxygen atoms in total. The molecular formula is C16H17NO6. The third-order valence-electron chi connectivity index (χ3n) is 3.55. The van der Waals surface area contributed by atoms with Gasteiger partial charge in [-0.3, -0.25) is 14.5 Å². The van der Waals surface area contributed by atoms with Crippen LogP contribution in [0.5, 0.6) is 5.75 Å². The van der Waals surface area contributed by atoms with Crippen LogP contribution in [0.15, 0.2) is 35.6 Å². The predicted octanol–water partition coefficient (Wildman–Crippen LogP) is 1.15. The van der Waals surface area contributed by atoms with Crippen LogP contribution < -0.4 is 4.74 Å². The van der Waals surface area contributed by atoms with Gasteiger partial charge in [-0.15, -0.1) is 0 Å². The van der Waals surface area contributed by atoms with Crippen molar-refractivity contribution in [2.24, 2.45) is 0 Å². The topological polar surface area (TPSA) is 93.1 Å². The third kappa shape index (κ3) is 2.90. The number of nitrogens with zero attached hydrogens (tertiary/aromatic N) is 1. The lowest BCUT2D eigenvalue weighted by molar-refractivity contribution is -0.142. The number of aliphatic hydroxyl groups is 1. The second-order valence-corrected chi connectivity index (χ2v) is 4.89. The first kappa shape index (κ1) is 16.5. The molecule has 23 heavy (non-hydrogen) atoms. The minimum absolute atomic E-state index is 0.0397. The van der Waals surface area contributed by atoms with Crippen molar-refractivity contribution in [1.82, 2.24) is 4.90 Å². The van der Waals surface area contributed by atoms with Crippen molar-refractivity contribution in [1.29, 1.82) is 0 Å². The number of aliphatic hydroxyl groups excluding tert-OH is 1. The number of hydrogen-bond donors (Lipinski definition) is 1. The van der Waals surface area contributed by atoms with Gasteiger partial charge in [0.15, 0.2) is 0 Å². The summed E-state index contributed by atoms with van der Waals surface area (Å²) in [5.74, 6) is -3.73. The molecule has 0 radical (unpaired) electrons. The summed E-state index contributed by atoms with van der Waals surface area (Å²) < 4.78 is 9.82. The van der Waals surface area contributed by atoms with Gasteiger partial charge in [-0.25, -0.2) is 4.79 Å². The molecule has 2 amide bonds. The van der Waals surface area contributed by atoms with E-state index in [2.05, 4.69) is 0 Å². The van der Waals surface area contributed by atoms with Crippen molar-refractivity contribution in [3.05, 3.63) is 41.2 Å². The van der Waals surface area contributed by atoms with Crippen LogP contribution in [0.4, 0.5) is 0 Å². The van der Waals surface area contributed by atoms with Crippen molar-refractivity contribution in [2.75, 3.05) is 20.8 Å². The maximum Gasteiger partial charge on any atom is 0.373 e.